The van der Waals surface area contributed by atoms with Crippen LogP contribution < -0.4 is 15.4 Å². The predicted octanol–water partition coefficient (Wildman–Crippen LogP) is 3.05. The molecule has 0 saturated carbocycles. The number of nitrogens with zero attached hydrogens (tertiary/aromatic N) is 2. The lowest BCUT2D eigenvalue weighted by atomic mass is 10.2. The normalized spacial score (nSPS) is 10.8. The molecule has 6 heteroatoms. The van der Waals surface area contributed by atoms with Gasteiger partial charge in [0.05, 0.1) is 18.3 Å². The van der Waals surface area contributed by atoms with Gasteiger partial charge in [0, 0.05) is 6.54 Å². The number of benzene rings is 2. The van der Waals surface area contributed by atoms with Gasteiger partial charge in [0.25, 0.3) is 0 Å². The molecule has 3 aromatic rings. The molecular formula is C19H20N2O4. The maximum absolute atomic E-state index is 12.9. The van der Waals surface area contributed by atoms with Crippen LogP contribution in [0.4, 0.5) is 5.69 Å². The maximum Gasteiger partial charge on any atom is 0.420 e. The molecule has 0 aliphatic heterocycles. The molecule has 0 spiro atoms. The molecule has 0 atom stereocenters. The zero-order valence-electron chi connectivity index (χ0n) is 14.3. The Morgan fingerprint density at radius 1 is 1.16 bits per heavy atom. The third-order valence-electron chi connectivity index (χ3n) is 3.99. The topological polar surface area (TPSA) is 64.7 Å². The van der Waals surface area contributed by atoms with Crippen LogP contribution in [0.25, 0.3) is 11.1 Å². The number of hydrogen-bond donors (Lipinski definition) is 0. The summed E-state index contributed by atoms with van der Waals surface area (Å²) in [5.74, 6) is -0.111. The van der Waals surface area contributed by atoms with Crippen molar-refractivity contribution >= 4 is 22.7 Å². The fraction of sp³-hybridized carbons (Fsp3) is 0.263. The summed E-state index contributed by atoms with van der Waals surface area (Å²) >= 11 is 0. The molecule has 0 saturated heterocycles. The zero-order valence-corrected chi connectivity index (χ0v) is 14.3. The molecule has 0 N–H and O–H groups in total. The van der Waals surface area contributed by atoms with Gasteiger partial charge in [0.15, 0.2) is 5.58 Å². The Kier molecular flexibility index (Phi) is 4.88. The highest BCUT2D eigenvalue weighted by Gasteiger charge is 2.21. The summed E-state index contributed by atoms with van der Waals surface area (Å²) in [4.78, 5) is 26.7. The van der Waals surface area contributed by atoms with E-state index in [9.17, 15) is 9.59 Å². The van der Waals surface area contributed by atoms with E-state index in [1.165, 1.54) is 4.57 Å². The molecule has 2 aromatic carbocycles. The largest absolute Gasteiger partial charge is 0.495 e. The highest BCUT2D eigenvalue weighted by atomic mass is 16.5. The first kappa shape index (κ1) is 16.8. The second-order valence-corrected chi connectivity index (χ2v) is 5.64. The Bertz CT molecular complexity index is 942. The molecule has 0 fully saturated rings. The van der Waals surface area contributed by atoms with Gasteiger partial charge in [-0.15, -0.1) is 0 Å². The van der Waals surface area contributed by atoms with Crippen molar-refractivity contribution in [2.75, 3.05) is 18.6 Å². The second-order valence-electron chi connectivity index (χ2n) is 5.64. The van der Waals surface area contributed by atoms with Crippen LogP contribution in [0.15, 0.2) is 57.7 Å². The van der Waals surface area contributed by atoms with Gasteiger partial charge < -0.3 is 14.1 Å². The Hall–Kier alpha value is -3.02. The molecule has 130 valence electrons. The zero-order chi connectivity index (χ0) is 17.8. The molecule has 25 heavy (non-hydrogen) atoms. The van der Waals surface area contributed by atoms with Gasteiger partial charge in [-0.25, -0.2) is 4.79 Å². The molecule has 1 amide bonds. The minimum Gasteiger partial charge on any atom is -0.495 e. The number of para-hydroxylation sites is 4. The van der Waals surface area contributed by atoms with Crippen LogP contribution in [0.2, 0.25) is 0 Å². The smallest absolute Gasteiger partial charge is 0.420 e. The van der Waals surface area contributed by atoms with Crippen molar-refractivity contribution < 1.29 is 13.9 Å². The van der Waals surface area contributed by atoms with Crippen molar-refractivity contribution in [3.63, 3.8) is 0 Å². The molecule has 0 bridgehead atoms. The number of amides is 1. The quantitative estimate of drug-likeness (QED) is 0.692. The van der Waals surface area contributed by atoms with Crippen LogP contribution in [0.5, 0.6) is 5.75 Å². The molecule has 0 aliphatic rings. The third kappa shape index (κ3) is 3.28. The molecule has 1 heterocycles. The maximum atomic E-state index is 12.9. The van der Waals surface area contributed by atoms with Crippen LogP contribution in [-0.4, -0.2) is 24.1 Å². The Morgan fingerprint density at radius 2 is 1.88 bits per heavy atom. The lowest BCUT2D eigenvalue weighted by Gasteiger charge is -2.24. The first-order valence-corrected chi connectivity index (χ1v) is 8.17. The molecule has 0 unspecified atom stereocenters. The van der Waals surface area contributed by atoms with Crippen LogP contribution in [-0.2, 0) is 11.3 Å². The fourth-order valence-corrected chi connectivity index (χ4v) is 2.84. The van der Waals surface area contributed by atoms with E-state index >= 15 is 0 Å². The molecular weight excluding hydrogens is 320 g/mol. The highest BCUT2D eigenvalue weighted by Crippen LogP contribution is 2.28. The second kappa shape index (κ2) is 7.25. The van der Waals surface area contributed by atoms with Gasteiger partial charge in [-0.2, -0.15) is 0 Å². The lowest BCUT2D eigenvalue weighted by molar-refractivity contribution is -0.119. The monoisotopic (exact) mass is 340 g/mol. The number of hydrogen-bond acceptors (Lipinski definition) is 4. The highest BCUT2D eigenvalue weighted by molar-refractivity contribution is 5.95. The number of carbonyl (C=O) groups excluding carboxylic acids is 1. The van der Waals surface area contributed by atoms with Crippen molar-refractivity contribution in [2.24, 2.45) is 0 Å². The van der Waals surface area contributed by atoms with Crippen molar-refractivity contribution in [3.8, 4) is 5.75 Å². The molecule has 1 aromatic heterocycles. The minimum atomic E-state index is -0.536. The van der Waals surface area contributed by atoms with Crippen molar-refractivity contribution in [2.45, 2.75) is 19.9 Å². The Morgan fingerprint density at radius 3 is 2.64 bits per heavy atom. The predicted molar refractivity (Wildman–Crippen MR) is 96.1 cm³/mol. The summed E-state index contributed by atoms with van der Waals surface area (Å²) in [6.45, 7) is 2.44. The van der Waals surface area contributed by atoms with Gasteiger partial charge in [0.1, 0.15) is 12.3 Å². The Balaban J connectivity index is 1.96. The van der Waals surface area contributed by atoms with Gasteiger partial charge in [-0.05, 0) is 30.7 Å². The van der Waals surface area contributed by atoms with Crippen LogP contribution in [0, 0.1) is 0 Å². The van der Waals surface area contributed by atoms with E-state index in [1.807, 2.05) is 37.3 Å². The standard InChI is InChI=1S/C19H20N2O4/c1-3-12-20(14-8-4-6-10-16(14)24-2)18(22)13-21-15-9-5-7-11-17(15)25-19(21)23/h4-11H,3,12-13H2,1-2H3. The lowest BCUT2D eigenvalue weighted by Crippen LogP contribution is -2.36. The number of anilines is 1. The van der Waals surface area contributed by atoms with E-state index < -0.39 is 5.76 Å². The first-order valence-electron chi connectivity index (χ1n) is 8.17. The molecule has 0 aliphatic carbocycles. The average molecular weight is 340 g/mol. The number of carbonyl (C=O) groups is 1. The number of oxazole rings is 1. The fourth-order valence-electron chi connectivity index (χ4n) is 2.84. The van der Waals surface area contributed by atoms with E-state index in [0.717, 1.165) is 6.42 Å². The summed E-state index contributed by atoms with van der Waals surface area (Å²) in [5.41, 5.74) is 1.77. The minimum absolute atomic E-state index is 0.0894. The van der Waals surface area contributed by atoms with Crippen molar-refractivity contribution in [3.05, 3.63) is 59.1 Å². The van der Waals surface area contributed by atoms with E-state index in [4.69, 9.17) is 9.15 Å². The van der Waals surface area contributed by atoms with E-state index in [1.54, 1.807) is 30.2 Å². The van der Waals surface area contributed by atoms with Crippen LogP contribution >= 0.6 is 0 Å². The number of rotatable bonds is 6. The average Bonchev–Trinajstić information content (AvgIpc) is 2.95. The van der Waals surface area contributed by atoms with Crippen LogP contribution in [0.1, 0.15) is 13.3 Å². The van der Waals surface area contributed by atoms with E-state index in [-0.39, 0.29) is 12.5 Å². The number of aromatic nitrogens is 1. The van der Waals surface area contributed by atoms with Gasteiger partial charge >= 0.3 is 5.76 Å². The number of fused-ring (bicyclic) bond motifs is 1. The van der Waals surface area contributed by atoms with Gasteiger partial charge in [-0.1, -0.05) is 31.2 Å². The SMILES string of the molecule is CCCN(C(=O)Cn1c(=O)oc2ccccc21)c1ccccc1OC. The summed E-state index contributed by atoms with van der Waals surface area (Å²) in [7, 11) is 1.57. The number of methoxy groups -OCH3 is 1. The van der Waals surface area contributed by atoms with Gasteiger partial charge in [-0.3, -0.25) is 9.36 Å². The van der Waals surface area contributed by atoms with Crippen molar-refractivity contribution in [1.29, 1.82) is 0 Å². The number of ether oxygens (including phenoxy) is 1. The van der Waals surface area contributed by atoms with Gasteiger partial charge in [0.2, 0.25) is 5.91 Å². The summed E-state index contributed by atoms with van der Waals surface area (Å²) < 4.78 is 11.9. The molecule has 6 nitrogen and oxygen atoms in total. The Labute approximate surface area is 145 Å². The van der Waals surface area contributed by atoms with E-state index in [2.05, 4.69) is 0 Å². The summed E-state index contributed by atoms with van der Waals surface area (Å²) in [6.07, 6.45) is 0.783. The van der Waals surface area contributed by atoms with Crippen molar-refractivity contribution in [1.82, 2.24) is 4.57 Å². The van der Waals surface area contributed by atoms with E-state index in [0.29, 0.717) is 29.1 Å². The molecule has 3 rings (SSSR count). The third-order valence-corrected chi connectivity index (χ3v) is 3.99. The summed E-state index contributed by atoms with van der Waals surface area (Å²) in [6, 6.07) is 14.4. The summed E-state index contributed by atoms with van der Waals surface area (Å²) in [5, 5.41) is 0. The first-order chi connectivity index (χ1) is 12.2. The molecule has 0 radical (unpaired) electrons. The van der Waals surface area contributed by atoms with Crippen LogP contribution in [0.3, 0.4) is 0 Å².